The number of carbonyl (C=O) groups is 1. The van der Waals surface area contributed by atoms with Crippen molar-refractivity contribution in [1.29, 1.82) is 0 Å². The normalized spacial score (nSPS) is 9.20. The molecule has 0 spiro atoms. The van der Waals surface area contributed by atoms with Gasteiger partial charge in [-0.1, -0.05) is 23.4 Å². The Morgan fingerprint density at radius 2 is 2.27 bits per heavy atom. The molecule has 5 heteroatoms. The summed E-state index contributed by atoms with van der Waals surface area (Å²) in [5.74, 6) is 3.02. The maximum Gasteiger partial charge on any atom is 0.315 e. The lowest BCUT2D eigenvalue weighted by Crippen LogP contribution is -1.93. The number of carboxylic acids is 1. The molecule has 78 valence electrons. The van der Waals surface area contributed by atoms with E-state index in [-0.39, 0.29) is 22.7 Å². The van der Waals surface area contributed by atoms with Crippen LogP contribution in [-0.4, -0.2) is 11.1 Å². The lowest BCUT2D eigenvalue weighted by molar-refractivity contribution is -0.135. The van der Waals surface area contributed by atoms with Gasteiger partial charge < -0.3 is 10.8 Å². The summed E-state index contributed by atoms with van der Waals surface area (Å²) in [6, 6.07) is 2.77. The van der Waals surface area contributed by atoms with Crippen LogP contribution in [0.25, 0.3) is 0 Å². The van der Waals surface area contributed by atoms with Crippen molar-refractivity contribution in [2.75, 3.05) is 5.73 Å². The number of rotatable bonds is 1. The van der Waals surface area contributed by atoms with Crippen molar-refractivity contribution in [3.63, 3.8) is 0 Å². The van der Waals surface area contributed by atoms with Crippen molar-refractivity contribution < 1.29 is 14.3 Å². The Bertz CT molecular complexity index is 462. The Morgan fingerprint density at radius 1 is 1.60 bits per heavy atom. The predicted molar refractivity (Wildman–Crippen MR) is 55.0 cm³/mol. The van der Waals surface area contributed by atoms with Crippen LogP contribution in [0.2, 0.25) is 5.02 Å². The first-order chi connectivity index (χ1) is 7.02. The van der Waals surface area contributed by atoms with Gasteiger partial charge in [0.1, 0.15) is 6.42 Å². The van der Waals surface area contributed by atoms with Crippen LogP contribution in [0.3, 0.4) is 0 Å². The Kier molecular flexibility index (Phi) is 3.53. The number of anilines is 1. The molecule has 3 nitrogen and oxygen atoms in total. The summed E-state index contributed by atoms with van der Waals surface area (Å²) < 4.78 is 13.1. The van der Waals surface area contributed by atoms with Gasteiger partial charge in [0.15, 0.2) is 5.82 Å². The van der Waals surface area contributed by atoms with E-state index < -0.39 is 11.8 Å². The molecular formula is C10H7ClFNO2. The number of nitrogen functional groups attached to an aromatic ring is 1. The van der Waals surface area contributed by atoms with Crippen molar-refractivity contribution >= 4 is 23.3 Å². The summed E-state index contributed by atoms with van der Waals surface area (Å²) in [6.45, 7) is 0. The second-order valence-electron chi connectivity index (χ2n) is 2.70. The monoisotopic (exact) mass is 227 g/mol. The maximum absolute atomic E-state index is 13.1. The second kappa shape index (κ2) is 4.67. The van der Waals surface area contributed by atoms with Crippen LogP contribution in [0.15, 0.2) is 12.1 Å². The quantitative estimate of drug-likeness (QED) is 0.569. The SMILES string of the molecule is Nc1ccc(C#CCC(=O)O)c(Cl)c1F. The highest BCUT2D eigenvalue weighted by molar-refractivity contribution is 6.32. The predicted octanol–water partition coefficient (Wildman–Crippen LogP) is 1.89. The Morgan fingerprint density at radius 3 is 2.87 bits per heavy atom. The summed E-state index contributed by atoms with van der Waals surface area (Å²) >= 11 is 5.61. The zero-order valence-corrected chi connectivity index (χ0v) is 8.31. The van der Waals surface area contributed by atoms with Gasteiger partial charge in [0.2, 0.25) is 0 Å². The molecule has 0 aliphatic carbocycles. The van der Waals surface area contributed by atoms with E-state index >= 15 is 0 Å². The summed E-state index contributed by atoms with van der Waals surface area (Å²) in [4.78, 5) is 10.2. The van der Waals surface area contributed by atoms with E-state index in [0.29, 0.717) is 0 Å². The van der Waals surface area contributed by atoms with E-state index in [2.05, 4.69) is 11.8 Å². The van der Waals surface area contributed by atoms with Gasteiger partial charge >= 0.3 is 5.97 Å². The number of aliphatic carboxylic acids is 1. The Labute approximate surface area is 90.7 Å². The largest absolute Gasteiger partial charge is 0.481 e. The highest BCUT2D eigenvalue weighted by Crippen LogP contribution is 2.23. The topological polar surface area (TPSA) is 63.3 Å². The number of halogens is 2. The zero-order valence-electron chi connectivity index (χ0n) is 7.55. The van der Waals surface area contributed by atoms with Gasteiger partial charge in [0.05, 0.1) is 10.7 Å². The Balaban J connectivity index is 3.00. The van der Waals surface area contributed by atoms with Crippen molar-refractivity contribution in [2.45, 2.75) is 6.42 Å². The van der Waals surface area contributed by atoms with E-state index in [0.717, 1.165) is 0 Å². The molecule has 0 saturated heterocycles. The molecular weight excluding hydrogens is 221 g/mol. The maximum atomic E-state index is 13.1. The summed E-state index contributed by atoms with van der Waals surface area (Å²) in [7, 11) is 0. The number of nitrogens with two attached hydrogens (primary N) is 1. The molecule has 0 radical (unpaired) electrons. The van der Waals surface area contributed by atoms with Crippen molar-refractivity contribution in [3.8, 4) is 11.8 Å². The van der Waals surface area contributed by atoms with Gasteiger partial charge in [-0.05, 0) is 12.1 Å². The average molecular weight is 228 g/mol. The number of hydrogen-bond acceptors (Lipinski definition) is 2. The molecule has 0 heterocycles. The molecule has 0 aliphatic rings. The van der Waals surface area contributed by atoms with Crippen LogP contribution in [0.4, 0.5) is 10.1 Å². The fourth-order valence-corrected chi connectivity index (χ4v) is 1.10. The van der Waals surface area contributed by atoms with E-state index in [9.17, 15) is 9.18 Å². The smallest absolute Gasteiger partial charge is 0.315 e. The molecule has 15 heavy (non-hydrogen) atoms. The van der Waals surface area contributed by atoms with Gasteiger partial charge in [0.25, 0.3) is 0 Å². The molecule has 0 fully saturated rings. The molecule has 0 amide bonds. The molecule has 0 bridgehead atoms. The molecule has 0 unspecified atom stereocenters. The van der Waals surface area contributed by atoms with E-state index in [1.165, 1.54) is 12.1 Å². The summed E-state index contributed by atoms with van der Waals surface area (Å²) in [6.07, 6.45) is -0.317. The lowest BCUT2D eigenvalue weighted by atomic mass is 10.2. The zero-order chi connectivity index (χ0) is 11.4. The first-order valence-corrected chi connectivity index (χ1v) is 4.34. The first-order valence-electron chi connectivity index (χ1n) is 3.96. The molecule has 1 aromatic rings. The highest BCUT2D eigenvalue weighted by Gasteiger charge is 2.07. The van der Waals surface area contributed by atoms with Gasteiger partial charge in [-0.15, -0.1) is 0 Å². The van der Waals surface area contributed by atoms with Gasteiger partial charge in [-0.25, -0.2) is 4.39 Å². The number of benzene rings is 1. The molecule has 0 saturated carbocycles. The minimum absolute atomic E-state index is 0.0659. The molecule has 1 aromatic carbocycles. The molecule has 0 aromatic heterocycles. The van der Waals surface area contributed by atoms with Gasteiger partial charge in [-0.3, -0.25) is 4.79 Å². The van der Waals surface area contributed by atoms with Crippen molar-refractivity contribution in [1.82, 2.24) is 0 Å². The van der Waals surface area contributed by atoms with Gasteiger partial charge in [-0.2, -0.15) is 0 Å². The van der Waals surface area contributed by atoms with Crippen LogP contribution < -0.4 is 5.73 Å². The minimum atomic E-state index is -1.05. The van der Waals surface area contributed by atoms with Crippen LogP contribution in [0.1, 0.15) is 12.0 Å². The fourth-order valence-electron chi connectivity index (χ4n) is 0.876. The number of hydrogen-bond donors (Lipinski definition) is 2. The molecule has 0 aliphatic heterocycles. The van der Waals surface area contributed by atoms with Gasteiger partial charge in [0, 0.05) is 5.56 Å². The number of carboxylic acid groups (broad SMARTS) is 1. The third kappa shape index (κ3) is 2.86. The molecule has 3 N–H and O–H groups in total. The second-order valence-corrected chi connectivity index (χ2v) is 3.08. The third-order valence-corrected chi connectivity index (χ3v) is 1.94. The van der Waals surface area contributed by atoms with Crippen LogP contribution >= 0.6 is 11.6 Å². The van der Waals surface area contributed by atoms with Crippen molar-refractivity contribution in [2.24, 2.45) is 0 Å². The average Bonchev–Trinajstić information content (AvgIpc) is 2.18. The van der Waals surface area contributed by atoms with E-state index in [4.69, 9.17) is 22.4 Å². The van der Waals surface area contributed by atoms with Crippen LogP contribution in [-0.2, 0) is 4.79 Å². The summed E-state index contributed by atoms with van der Waals surface area (Å²) in [5, 5.41) is 8.14. The fraction of sp³-hybridized carbons (Fsp3) is 0.100. The van der Waals surface area contributed by atoms with Crippen LogP contribution in [0.5, 0.6) is 0 Å². The first kappa shape index (κ1) is 11.3. The van der Waals surface area contributed by atoms with E-state index in [1.54, 1.807) is 0 Å². The van der Waals surface area contributed by atoms with Crippen molar-refractivity contribution in [3.05, 3.63) is 28.5 Å². The van der Waals surface area contributed by atoms with Crippen LogP contribution in [0, 0.1) is 17.7 Å². The summed E-state index contributed by atoms with van der Waals surface area (Å²) in [5.41, 5.74) is 5.43. The van der Waals surface area contributed by atoms with E-state index in [1.807, 2.05) is 0 Å². The standard InChI is InChI=1S/C10H7ClFNO2/c11-9-6(2-1-3-8(14)15)4-5-7(13)10(9)12/h4-5H,3,13H2,(H,14,15). The Hall–Kier alpha value is -1.73. The highest BCUT2D eigenvalue weighted by atomic mass is 35.5. The minimum Gasteiger partial charge on any atom is -0.481 e. The molecule has 1 rings (SSSR count). The molecule has 0 atom stereocenters. The third-order valence-electron chi connectivity index (χ3n) is 1.57. The lowest BCUT2D eigenvalue weighted by Gasteiger charge is -2.00.